The largest absolute Gasteiger partial charge is 0.348 e. The molecule has 2 aromatic heterocycles. The average molecular weight is 2140 g/mol. The number of hydrazone groups is 4. The van der Waals surface area contributed by atoms with Crippen LogP contribution >= 0.6 is 28.1 Å². The molecule has 0 radical (unpaired) electrons. The summed E-state index contributed by atoms with van der Waals surface area (Å²) in [5, 5.41) is 43.9. The monoisotopic (exact) mass is 2140 g/mol. The first kappa shape index (κ1) is 131. The van der Waals surface area contributed by atoms with Crippen molar-refractivity contribution in [3.63, 3.8) is 0 Å². The molecule has 8 N–H and O–H groups in total. The maximum absolute atomic E-state index is 12.9. The van der Waals surface area contributed by atoms with Crippen LogP contribution in [-0.2, 0) is 28.8 Å². The number of hydrogen-bond acceptors (Lipinski definition) is 22. The maximum atomic E-state index is 12.9. The van der Waals surface area contributed by atoms with Crippen LogP contribution in [0.5, 0.6) is 0 Å². The fraction of sp³-hybridized carbons (Fsp3) is 0.545. The zero-order valence-electron chi connectivity index (χ0n) is 91.8. The molecule has 46 heteroatoms. The molecule has 814 valence electrons. The third-order valence-corrected chi connectivity index (χ3v) is 22.0. The van der Waals surface area contributed by atoms with Gasteiger partial charge in [0.25, 0.3) is 5.91 Å². The number of amides is 18. The van der Waals surface area contributed by atoms with Crippen LogP contribution in [-0.4, -0.2) is 271 Å². The Morgan fingerprint density at radius 3 is 1.35 bits per heavy atom. The van der Waals surface area contributed by atoms with E-state index in [0.29, 0.717) is 59.2 Å². The van der Waals surface area contributed by atoms with Crippen LogP contribution in [0.25, 0.3) is 0 Å². The quantitative estimate of drug-likeness (QED) is 0.0466. The third kappa shape index (κ3) is 44.2. The Hall–Kier alpha value is -13.8. The number of halogens is 3. The number of aromatic nitrogens is 4. The Kier molecular flexibility index (Phi) is 55.0. The van der Waals surface area contributed by atoms with Gasteiger partial charge in [0.2, 0.25) is 17.7 Å². The summed E-state index contributed by atoms with van der Waals surface area (Å²) < 4.78 is 29.4. The highest BCUT2D eigenvalue weighted by Gasteiger charge is 2.45. The van der Waals surface area contributed by atoms with Crippen molar-refractivity contribution in [1.82, 2.24) is 116 Å². The van der Waals surface area contributed by atoms with Gasteiger partial charge in [0.05, 0.1) is 93.8 Å². The summed E-state index contributed by atoms with van der Waals surface area (Å²) in [4.78, 5) is 185. The summed E-state index contributed by atoms with van der Waals surface area (Å²) in [5.74, 6) is -0.569. The zero-order valence-corrected chi connectivity index (χ0v) is 94.2. The summed E-state index contributed by atoms with van der Waals surface area (Å²) in [6.45, 7) is 84.8. The van der Waals surface area contributed by atoms with E-state index in [2.05, 4.69) is 142 Å². The van der Waals surface area contributed by atoms with Crippen molar-refractivity contribution in [2.24, 2.45) is 20.4 Å². The van der Waals surface area contributed by atoms with Gasteiger partial charge in [0.1, 0.15) is 11.3 Å². The van der Waals surface area contributed by atoms with Crippen LogP contribution in [0.2, 0.25) is 0 Å². The standard InChI is InChI=1S/C10H16N2O2.C8H11BrN2O.2C8H11FN2O.C8H13N3O.C8H13N3S.C8H14N2O2.2C8H12N2O.C7H11N3O.C7H11NO2.C7H13NO.C6H10N2O/c1-7(2)12-5-4-9(6-8(3)13)11-10(12)14;3*1-5(2)11-4-7(9)6(3)10-8(11)12;2*1-5(2)11-8(12)9-6(3)7(4)10-11;1-5(2)10-6(11)8(3,4)9-7(10)12;2*1-6(2)10-5-4-7(3)9-8(10)11;1-5(2)10-7(11)9-6(3)4-8-10;1-5(2)8-4-6(9)3-7(8)10;1-6(2)8-5-3-4-7(8)9;1-5(2)8-6(9)3-4-7-8/h4-5,7,9H,6H2,1-3H3,(H,11,14);4-5H,3H2,1-2H3,(H,10,12);4-5H,1-3H3;4-5H,3H2,1-2H3,(H,10,12);2*5H,3H2,1-2,4H3,(H,9,12);5H,1-4H3,(H,9,12);4-6H,1-3H3;4-6H,3H2,1-2H3,(H,9,11);4-5H,3H2,1-2H3,(H,9,11);5H,3-4H2,1-2H3;6H,3-5H2,1-2H3;4-5H,3H2,1-2H3. The lowest BCUT2D eigenvalue weighted by molar-refractivity contribution is -0.131. The molecule has 0 spiro atoms. The fourth-order valence-corrected chi connectivity index (χ4v) is 13.4. The number of likely N-dealkylation sites (tertiary alicyclic amines) is 2. The van der Waals surface area contributed by atoms with Gasteiger partial charge in [0.15, 0.2) is 22.5 Å². The van der Waals surface area contributed by atoms with Gasteiger partial charge in [-0.05, 0) is 281 Å². The Labute approximate surface area is 878 Å². The Morgan fingerprint density at radius 1 is 0.490 bits per heavy atom. The van der Waals surface area contributed by atoms with Crippen LogP contribution in [0.4, 0.5) is 42.3 Å². The number of aryl methyl sites for hydroxylation is 2. The number of Topliss-reactive ketones (excluding diaryl/α,β-unsaturated/α-hetero) is 2. The molecule has 42 nitrogen and oxygen atoms in total. The van der Waals surface area contributed by atoms with E-state index in [0.717, 1.165) is 52.9 Å². The van der Waals surface area contributed by atoms with Crippen LogP contribution in [0, 0.1) is 19.7 Å². The number of carbonyl (C=O) groups is 13. The van der Waals surface area contributed by atoms with E-state index in [9.17, 15) is 80.7 Å². The second-order valence-electron chi connectivity index (χ2n) is 38.6. The number of rotatable bonds is 15. The minimum atomic E-state index is -0.735. The lowest BCUT2D eigenvalue weighted by Crippen LogP contribution is -2.48. The maximum Gasteiger partial charge on any atom is 0.348 e. The normalized spacial score (nSPS) is 17.6. The molecule has 0 bridgehead atoms. The van der Waals surface area contributed by atoms with Crippen molar-refractivity contribution in [2.45, 2.75) is 351 Å². The van der Waals surface area contributed by atoms with E-state index < -0.39 is 22.9 Å². The average Bonchev–Trinajstić information content (AvgIpc) is 1.64. The number of urea groups is 7. The Morgan fingerprint density at radius 2 is 0.959 bits per heavy atom. The van der Waals surface area contributed by atoms with Gasteiger partial charge in [-0.25, -0.2) is 72.0 Å². The van der Waals surface area contributed by atoms with E-state index in [-0.39, 0.29) is 174 Å². The SMILES string of the molecule is C=C1C=CN(C(C)C)C(=O)N1.C=C1C=NN(C(C)C)C(=O)N1.C=C1NC(=O)N(C(C)C)C=C1Br.C=C1NC(=O)N(C(C)C)C=C1F.C=C1NC(=O)N(C(C)C)N=C1C.C=C1NC(=S)N(C(C)C)N=C1C.CC(=O)CC1C=CN(C(C)C)C(=O)N1.CC(C)N1C(=O)NC(C)(C)C1=O.CC(C)N1CC(=O)CC1=O.CC(C)N1CCCC1=O.CC(C)N1N=CCC1=O.Cc1ccn(C(C)C)c(=O)n1.Cc1nc(=O)n(C(C)C)cc1F. The topological polar surface area (TPSA) is 473 Å². The van der Waals surface area contributed by atoms with Crippen LogP contribution in [0.15, 0.2) is 169 Å². The number of allylic oxidation sites excluding steroid dienone is 6. The molecular formula is C101H158BrF2N27O15S. The molecule has 13 rings (SSSR count). The molecule has 11 aliphatic rings. The minimum absolute atomic E-state index is 0.0249. The first-order chi connectivity index (χ1) is 67.8. The van der Waals surface area contributed by atoms with Crippen LogP contribution in [0.3, 0.4) is 0 Å². The highest BCUT2D eigenvalue weighted by molar-refractivity contribution is 9.12. The molecule has 1 unspecified atom stereocenters. The van der Waals surface area contributed by atoms with Crippen molar-refractivity contribution >= 4 is 135 Å². The zero-order chi connectivity index (χ0) is 113. The predicted molar refractivity (Wildman–Crippen MR) is 578 cm³/mol. The summed E-state index contributed by atoms with van der Waals surface area (Å²) >= 11 is 8.38. The van der Waals surface area contributed by atoms with Crippen molar-refractivity contribution < 1.29 is 71.1 Å². The lowest BCUT2D eigenvalue weighted by Gasteiger charge is -2.29. The van der Waals surface area contributed by atoms with Gasteiger partial charge < -0.3 is 52.3 Å². The molecule has 147 heavy (non-hydrogen) atoms. The molecular weight excluding hydrogens is 1980 g/mol. The van der Waals surface area contributed by atoms with Gasteiger partial charge in [-0.1, -0.05) is 39.5 Å². The van der Waals surface area contributed by atoms with E-state index in [1.54, 1.807) is 108 Å². The van der Waals surface area contributed by atoms with E-state index in [1.807, 2.05) is 176 Å². The van der Waals surface area contributed by atoms with E-state index in [1.165, 1.54) is 55.7 Å². The molecule has 18 amide bonds. The first-order valence-corrected chi connectivity index (χ1v) is 49.5. The first-order valence-electron chi connectivity index (χ1n) is 48.3. The van der Waals surface area contributed by atoms with Crippen LogP contribution in [0.1, 0.15) is 270 Å². The van der Waals surface area contributed by atoms with Gasteiger partial charge >= 0.3 is 53.6 Å². The molecule has 2 aromatic rings. The van der Waals surface area contributed by atoms with Gasteiger partial charge in [-0.2, -0.15) is 30.4 Å². The summed E-state index contributed by atoms with van der Waals surface area (Å²) in [7, 11) is 0. The van der Waals surface area contributed by atoms with Crippen molar-refractivity contribution in [1.29, 1.82) is 0 Å². The fourth-order valence-electron chi connectivity index (χ4n) is 12.7. The molecule has 11 aliphatic heterocycles. The molecule has 0 aromatic carbocycles. The minimum Gasteiger partial charge on any atom is -0.340 e. The number of carbonyl (C=O) groups excluding carboxylic acids is 13. The molecule has 3 fully saturated rings. The number of nitrogens with one attached hydrogen (secondary N) is 8. The van der Waals surface area contributed by atoms with Gasteiger partial charge in [-0.3, -0.25) is 62.4 Å². The predicted octanol–water partition coefficient (Wildman–Crippen LogP) is 15.3. The smallest absolute Gasteiger partial charge is 0.340 e. The number of hydrogen-bond donors (Lipinski definition) is 8. The molecule has 1 atom stereocenters. The molecule has 0 aliphatic carbocycles. The third-order valence-electron chi connectivity index (χ3n) is 21.0. The second kappa shape index (κ2) is 61.6. The van der Waals surface area contributed by atoms with Crippen molar-refractivity contribution in [3.05, 3.63) is 178 Å². The summed E-state index contributed by atoms with van der Waals surface area (Å²) in [6.07, 6.45) is 18.9. The van der Waals surface area contributed by atoms with Gasteiger partial charge in [-0.15, -0.1) is 0 Å². The number of imide groups is 1. The lowest BCUT2D eigenvalue weighted by atomic mass is 10.1. The molecule has 3 saturated heterocycles. The molecule has 13 heterocycles. The second-order valence-corrected chi connectivity index (χ2v) is 39.9. The van der Waals surface area contributed by atoms with Gasteiger partial charge in [0, 0.05) is 141 Å². The Bertz CT molecular complexity index is 5220. The summed E-state index contributed by atoms with van der Waals surface area (Å²) in [6, 6.07) is 2.00. The highest BCUT2D eigenvalue weighted by Crippen LogP contribution is 2.24. The van der Waals surface area contributed by atoms with Crippen molar-refractivity contribution in [2.75, 3.05) is 13.1 Å². The Balaban J connectivity index is 0.000000797. The molecule has 0 saturated carbocycles. The van der Waals surface area contributed by atoms with E-state index >= 15 is 0 Å². The number of nitrogens with zero attached hydrogens (tertiary/aromatic N) is 19. The van der Waals surface area contributed by atoms with E-state index in [4.69, 9.17) is 12.2 Å². The number of thiocarbonyl (C=S) groups is 1. The number of ketones is 2. The summed E-state index contributed by atoms with van der Waals surface area (Å²) in [5.41, 5.74) is 4.44. The van der Waals surface area contributed by atoms with Crippen molar-refractivity contribution in [3.8, 4) is 0 Å². The highest BCUT2D eigenvalue weighted by atomic mass is 79.9. The van der Waals surface area contributed by atoms with Crippen LogP contribution < -0.4 is 53.9 Å².